The summed E-state index contributed by atoms with van der Waals surface area (Å²) in [5.41, 5.74) is 6.34. The number of ether oxygens (including phenoxy) is 1. The van der Waals surface area contributed by atoms with E-state index in [0.717, 1.165) is 11.4 Å². The van der Waals surface area contributed by atoms with Gasteiger partial charge in [-0.3, -0.25) is 25.8 Å². The summed E-state index contributed by atoms with van der Waals surface area (Å²) in [4.78, 5) is 22.5. The maximum atomic E-state index is 12.2. The van der Waals surface area contributed by atoms with Crippen molar-refractivity contribution in [3.63, 3.8) is 0 Å². The largest absolute Gasteiger partial charge is 0.494 e. The minimum atomic E-state index is -0.529. The highest BCUT2D eigenvalue weighted by atomic mass is 32.1. The van der Waals surface area contributed by atoms with Crippen LogP contribution in [0.1, 0.15) is 17.5 Å². The first-order valence-corrected chi connectivity index (χ1v) is 9.32. The van der Waals surface area contributed by atoms with Crippen molar-refractivity contribution in [2.24, 2.45) is 0 Å². The second-order valence-electron chi connectivity index (χ2n) is 5.96. The van der Waals surface area contributed by atoms with Gasteiger partial charge in [0, 0.05) is 23.4 Å². The number of nitro groups is 1. The van der Waals surface area contributed by atoms with Crippen molar-refractivity contribution < 1.29 is 18.9 Å². The Labute approximate surface area is 177 Å². The molecule has 0 saturated heterocycles. The molecule has 3 N–H and O–H groups in total. The number of rotatable bonds is 6. The molecular weight excluding hydrogens is 408 g/mol. The van der Waals surface area contributed by atoms with Crippen LogP contribution in [0.4, 0.5) is 11.4 Å². The maximum absolute atomic E-state index is 12.2. The summed E-state index contributed by atoms with van der Waals surface area (Å²) in [6.45, 7) is 2.49. The predicted octanol–water partition coefficient (Wildman–Crippen LogP) is 3.88. The van der Waals surface area contributed by atoms with Crippen LogP contribution in [0.15, 0.2) is 65.1 Å². The van der Waals surface area contributed by atoms with Gasteiger partial charge in [-0.1, -0.05) is 0 Å². The van der Waals surface area contributed by atoms with E-state index in [4.69, 9.17) is 21.4 Å². The van der Waals surface area contributed by atoms with Gasteiger partial charge in [-0.15, -0.1) is 0 Å². The standard InChI is InChI=1S/C20H18N4O5S/c1-2-28-16-9-5-14(6-10-16)21-20(30)23-22-19(25)18-12-11-17(29-18)13-3-7-15(8-4-13)24(26)27/h3-12H,2H2,1H3,(H,22,25)(H2,21,23,30). The van der Waals surface area contributed by atoms with E-state index >= 15 is 0 Å². The first-order valence-electron chi connectivity index (χ1n) is 8.91. The highest BCUT2D eigenvalue weighted by molar-refractivity contribution is 7.80. The third-order valence-electron chi connectivity index (χ3n) is 3.91. The van der Waals surface area contributed by atoms with E-state index in [1.807, 2.05) is 6.92 Å². The number of carbonyl (C=O) groups is 1. The summed E-state index contributed by atoms with van der Waals surface area (Å²) < 4.78 is 10.9. The van der Waals surface area contributed by atoms with Crippen LogP contribution in [-0.4, -0.2) is 22.5 Å². The Morgan fingerprint density at radius 1 is 1.07 bits per heavy atom. The molecule has 1 heterocycles. The molecule has 9 nitrogen and oxygen atoms in total. The number of thiocarbonyl (C=S) groups is 1. The van der Waals surface area contributed by atoms with Crippen molar-refractivity contribution in [2.45, 2.75) is 6.92 Å². The zero-order valence-electron chi connectivity index (χ0n) is 15.9. The van der Waals surface area contributed by atoms with Crippen LogP contribution in [0.3, 0.4) is 0 Å². The number of nitrogens with zero attached hydrogens (tertiary/aromatic N) is 1. The van der Waals surface area contributed by atoms with Crippen LogP contribution in [0, 0.1) is 10.1 Å². The van der Waals surface area contributed by atoms with Crippen molar-refractivity contribution in [3.8, 4) is 17.1 Å². The average molecular weight is 426 g/mol. The number of non-ortho nitro benzene ring substituents is 1. The molecule has 154 valence electrons. The predicted molar refractivity (Wildman–Crippen MR) is 115 cm³/mol. The summed E-state index contributed by atoms with van der Waals surface area (Å²) in [6, 6.07) is 16.1. The molecule has 1 aromatic heterocycles. The number of benzene rings is 2. The van der Waals surface area contributed by atoms with Crippen molar-refractivity contribution in [3.05, 3.63) is 76.5 Å². The molecule has 0 atom stereocenters. The molecule has 0 fully saturated rings. The average Bonchev–Trinajstić information content (AvgIpc) is 3.24. The lowest BCUT2D eigenvalue weighted by atomic mass is 10.1. The summed E-state index contributed by atoms with van der Waals surface area (Å²) in [6.07, 6.45) is 0. The molecule has 0 radical (unpaired) electrons. The van der Waals surface area contributed by atoms with Gasteiger partial charge in [0.05, 0.1) is 11.5 Å². The molecule has 30 heavy (non-hydrogen) atoms. The van der Waals surface area contributed by atoms with Gasteiger partial charge in [0.15, 0.2) is 10.9 Å². The van der Waals surface area contributed by atoms with E-state index < -0.39 is 10.8 Å². The molecule has 0 aliphatic heterocycles. The normalized spacial score (nSPS) is 10.2. The number of hydrogen-bond donors (Lipinski definition) is 3. The van der Waals surface area contributed by atoms with Crippen LogP contribution in [0.2, 0.25) is 0 Å². The second-order valence-corrected chi connectivity index (χ2v) is 6.37. The van der Waals surface area contributed by atoms with Crippen LogP contribution in [0.25, 0.3) is 11.3 Å². The van der Waals surface area contributed by atoms with E-state index in [2.05, 4.69) is 16.2 Å². The van der Waals surface area contributed by atoms with Gasteiger partial charge in [-0.2, -0.15) is 0 Å². The monoisotopic (exact) mass is 426 g/mol. The highest BCUT2D eigenvalue weighted by Crippen LogP contribution is 2.24. The fourth-order valence-electron chi connectivity index (χ4n) is 2.50. The lowest BCUT2D eigenvalue weighted by molar-refractivity contribution is -0.384. The molecule has 0 aliphatic rings. The zero-order chi connectivity index (χ0) is 21.5. The minimum Gasteiger partial charge on any atom is -0.494 e. The Balaban J connectivity index is 1.53. The fourth-order valence-corrected chi connectivity index (χ4v) is 2.67. The van der Waals surface area contributed by atoms with Gasteiger partial charge >= 0.3 is 5.91 Å². The Bertz CT molecular complexity index is 1050. The zero-order valence-corrected chi connectivity index (χ0v) is 16.7. The number of hydrogen-bond acceptors (Lipinski definition) is 6. The number of furan rings is 1. The van der Waals surface area contributed by atoms with Crippen LogP contribution in [0.5, 0.6) is 5.75 Å². The molecule has 3 aromatic rings. The summed E-state index contributed by atoms with van der Waals surface area (Å²) in [7, 11) is 0. The van der Waals surface area contributed by atoms with E-state index in [-0.39, 0.29) is 16.6 Å². The van der Waals surface area contributed by atoms with Crippen LogP contribution >= 0.6 is 12.2 Å². The quantitative estimate of drug-likeness (QED) is 0.309. The van der Waals surface area contributed by atoms with Gasteiger partial charge in [0.1, 0.15) is 11.5 Å². The van der Waals surface area contributed by atoms with Crippen molar-refractivity contribution in [1.29, 1.82) is 0 Å². The van der Waals surface area contributed by atoms with Gasteiger partial charge in [-0.05, 0) is 67.7 Å². The van der Waals surface area contributed by atoms with Gasteiger partial charge < -0.3 is 14.5 Å². The Morgan fingerprint density at radius 2 is 1.77 bits per heavy atom. The third kappa shape index (κ3) is 5.32. The molecule has 0 saturated carbocycles. The Kier molecular flexibility index (Phi) is 6.60. The van der Waals surface area contributed by atoms with Gasteiger partial charge in [0.2, 0.25) is 0 Å². The molecule has 10 heteroatoms. The van der Waals surface area contributed by atoms with Gasteiger partial charge in [-0.25, -0.2) is 0 Å². The molecule has 2 aromatic carbocycles. The van der Waals surface area contributed by atoms with Crippen molar-refractivity contribution in [1.82, 2.24) is 10.9 Å². The van der Waals surface area contributed by atoms with E-state index in [9.17, 15) is 14.9 Å². The lowest BCUT2D eigenvalue weighted by Gasteiger charge is -2.11. The molecule has 1 amide bonds. The molecule has 0 spiro atoms. The molecule has 0 unspecified atom stereocenters. The fraction of sp³-hybridized carbons (Fsp3) is 0.100. The number of nitrogens with one attached hydrogen (secondary N) is 3. The number of hydrazine groups is 1. The smallest absolute Gasteiger partial charge is 0.305 e. The number of anilines is 1. The van der Waals surface area contributed by atoms with Crippen molar-refractivity contribution >= 4 is 34.6 Å². The number of nitro benzene ring substituents is 1. The SMILES string of the molecule is CCOc1ccc(NC(=S)NNC(=O)c2ccc(-c3ccc([N+](=O)[O-])cc3)o2)cc1. The molecule has 0 aliphatic carbocycles. The molecular formula is C20H18N4O5S. The molecule has 0 bridgehead atoms. The lowest BCUT2D eigenvalue weighted by Crippen LogP contribution is -2.43. The third-order valence-corrected chi connectivity index (χ3v) is 4.11. The van der Waals surface area contributed by atoms with E-state index in [0.29, 0.717) is 17.9 Å². The number of amides is 1. The van der Waals surface area contributed by atoms with Gasteiger partial charge in [0.25, 0.3) is 5.69 Å². The maximum Gasteiger partial charge on any atom is 0.305 e. The second kappa shape index (κ2) is 9.52. The van der Waals surface area contributed by atoms with E-state index in [1.54, 1.807) is 42.5 Å². The summed E-state index contributed by atoms with van der Waals surface area (Å²) >= 11 is 5.15. The summed E-state index contributed by atoms with van der Waals surface area (Å²) in [5, 5.41) is 13.8. The first kappa shape index (κ1) is 20.8. The number of carbonyl (C=O) groups excluding carboxylic acids is 1. The minimum absolute atomic E-state index is 0.0268. The van der Waals surface area contributed by atoms with Crippen LogP contribution < -0.4 is 20.9 Å². The summed E-state index contributed by atoms with van der Waals surface area (Å²) in [5.74, 6) is 0.681. The first-order chi connectivity index (χ1) is 14.5. The van der Waals surface area contributed by atoms with E-state index in [1.165, 1.54) is 18.2 Å². The Morgan fingerprint density at radius 3 is 2.40 bits per heavy atom. The highest BCUT2D eigenvalue weighted by Gasteiger charge is 2.13. The van der Waals surface area contributed by atoms with Crippen molar-refractivity contribution in [2.75, 3.05) is 11.9 Å². The van der Waals surface area contributed by atoms with Crippen LogP contribution in [-0.2, 0) is 0 Å². The Hall–Kier alpha value is -3.92. The molecule has 3 rings (SSSR count). The topological polar surface area (TPSA) is 119 Å².